The van der Waals surface area contributed by atoms with Crippen LogP contribution in [-0.4, -0.2) is 16.3 Å². The number of pyridine rings is 2. The lowest BCUT2D eigenvalue weighted by molar-refractivity contribution is 1.37. The van der Waals surface area contributed by atoms with Crippen LogP contribution in [0, 0.1) is 0 Å². The number of hydrogen-bond donors (Lipinski definition) is 1. The molecule has 27 heavy (non-hydrogen) atoms. The van der Waals surface area contributed by atoms with Gasteiger partial charge in [-0.05, 0) is 29.7 Å². The van der Waals surface area contributed by atoms with Gasteiger partial charge in [0.25, 0.3) is 0 Å². The Bertz CT molecular complexity index is 1250. The highest BCUT2D eigenvalue weighted by Crippen LogP contribution is 2.34. The van der Waals surface area contributed by atoms with E-state index in [1.807, 2.05) is 30.3 Å². The maximum Gasteiger partial charge on any atom is 0.0964 e. The van der Waals surface area contributed by atoms with Crippen LogP contribution in [0.5, 0.6) is 0 Å². The highest BCUT2D eigenvalue weighted by molar-refractivity contribution is 6.08. The zero-order valence-corrected chi connectivity index (χ0v) is 14.5. The fourth-order valence-corrected chi connectivity index (χ4v) is 3.40. The molecule has 0 radical (unpaired) electrons. The fourth-order valence-electron chi connectivity index (χ4n) is 3.40. The first-order valence-corrected chi connectivity index (χ1v) is 8.79. The summed E-state index contributed by atoms with van der Waals surface area (Å²) in [5, 5.41) is 7.86. The summed E-state index contributed by atoms with van der Waals surface area (Å²) in [6.45, 7) is 0. The summed E-state index contributed by atoms with van der Waals surface area (Å²) >= 11 is 0. The Hall–Kier alpha value is -3.79. The molecule has 3 heterocycles. The molecule has 0 saturated carbocycles. The van der Waals surface area contributed by atoms with Gasteiger partial charge >= 0.3 is 0 Å². The Labute approximate surface area is 156 Å². The molecule has 1 aliphatic heterocycles. The van der Waals surface area contributed by atoms with Crippen molar-refractivity contribution >= 4 is 50.3 Å². The predicted molar refractivity (Wildman–Crippen MR) is 113 cm³/mol. The summed E-state index contributed by atoms with van der Waals surface area (Å²) in [6, 6.07) is 24.5. The second kappa shape index (κ2) is 6.50. The molecule has 0 aliphatic carbocycles. The highest BCUT2D eigenvalue weighted by Gasteiger charge is 2.07. The maximum atomic E-state index is 4.35. The van der Waals surface area contributed by atoms with Gasteiger partial charge in [-0.15, -0.1) is 0 Å². The third kappa shape index (κ3) is 2.77. The quantitative estimate of drug-likeness (QED) is 0.365. The summed E-state index contributed by atoms with van der Waals surface area (Å²) < 4.78 is 0. The van der Waals surface area contributed by atoms with Gasteiger partial charge in [0.2, 0.25) is 0 Å². The minimum atomic E-state index is 0.977. The number of nitrogens with one attached hydrogen (secondary N) is 1. The van der Waals surface area contributed by atoms with Crippen LogP contribution in [0.4, 0.5) is 11.4 Å². The molecule has 1 aliphatic rings. The number of anilines is 1. The van der Waals surface area contributed by atoms with Gasteiger partial charge < -0.3 is 5.32 Å². The fraction of sp³-hybridized carbons (Fsp3) is 0. The smallest absolute Gasteiger partial charge is 0.0964 e. The molecule has 0 atom stereocenters. The summed E-state index contributed by atoms with van der Waals surface area (Å²) in [6.07, 6.45) is 5.34. The van der Waals surface area contributed by atoms with Gasteiger partial charge in [-0.3, -0.25) is 9.97 Å². The third-order valence-corrected chi connectivity index (χ3v) is 4.65. The molecule has 128 valence electrons. The van der Waals surface area contributed by atoms with E-state index in [0.29, 0.717) is 0 Å². The van der Waals surface area contributed by atoms with E-state index < -0.39 is 0 Å². The van der Waals surface area contributed by atoms with E-state index in [-0.39, 0.29) is 0 Å². The van der Waals surface area contributed by atoms with Gasteiger partial charge in [-0.1, -0.05) is 48.5 Å². The van der Waals surface area contributed by atoms with Gasteiger partial charge in [-0.2, -0.15) is 0 Å². The van der Waals surface area contributed by atoms with Crippen molar-refractivity contribution in [2.75, 3.05) is 5.32 Å². The summed E-state index contributed by atoms with van der Waals surface area (Å²) in [7, 11) is 0. The van der Waals surface area contributed by atoms with Crippen molar-refractivity contribution in [3.05, 3.63) is 85.2 Å². The molecular weight excluding hydrogens is 332 g/mol. The third-order valence-electron chi connectivity index (χ3n) is 4.65. The van der Waals surface area contributed by atoms with Crippen molar-refractivity contribution in [1.82, 2.24) is 9.97 Å². The number of aromatic nitrogens is 2. The Morgan fingerprint density at radius 3 is 1.93 bits per heavy atom. The molecular formula is C23H16N4. The van der Waals surface area contributed by atoms with Gasteiger partial charge in [0.1, 0.15) is 0 Å². The van der Waals surface area contributed by atoms with Crippen LogP contribution < -0.4 is 5.32 Å². The normalized spacial score (nSPS) is 11.9. The lowest BCUT2D eigenvalue weighted by Gasteiger charge is -2.12. The van der Waals surface area contributed by atoms with Crippen molar-refractivity contribution in [1.29, 1.82) is 0 Å². The number of nitrogens with zero attached hydrogens (tertiary/aromatic N) is 3. The average Bonchev–Trinajstić information content (AvgIpc) is 2.75. The van der Waals surface area contributed by atoms with Crippen LogP contribution >= 0.6 is 0 Å². The summed E-state index contributed by atoms with van der Waals surface area (Å²) in [4.78, 5) is 13.0. The minimum absolute atomic E-state index is 0.977. The van der Waals surface area contributed by atoms with E-state index in [4.69, 9.17) is 0 Å². The van der Waals surface area contributed by atoms with E-state index in [1.165, 1.54) is 10.8 Å². The second-order valence-electron chi connectivity index (χ2n) is 6.30. The van der Waals surface area contributed by atoms with Crippen molar-refractivity contribution < 1.29 is 0 Å². The van der Waals surface area contributed by atoms with Gasteiger partial charge in [0, 0.05) is 34.2 Å². The van der Waals surface area contributed by atoms with Gasteiger partial charge in [-0.25, -0.2) is 4.99 Å². The number of hydrogen-bond acceptors (Lipinski definition) is 4. The van der Waals surface area contributed by atoms with Gasteiger partial charge in [0.05, 0.1) is 23.1 Å². The SMILES string of the molecule is C1=Nc2cccc3cccc(c23)N1.c1cnc2c(c1)ccc1cccnc12. The largest absolute Gasteiger partial charge is 0.346 e. The molecule has 0 fully saturated rings. The first-order chi connectivity index (χ1) is 13.4. The topological polar surface area (TPSA) is 50.2 Å². The number of fused-ring (bicyclic) bond motifs is 3. The Morgan fingerprint density at radius 1 is 0.593 bits per heavy atom. The van der Waals surface area contributed by atoms with Crippen LogP contribution in [0.1, 0.15) is 0 Å². The molecule has 0 spiro atoms. The standard InChI is InChI=1S/C12H8N2.C11H8N2/c1-3-9-5-6-10-4-2-8-14-12(10)11(9)13-7-1;1-3-8-4-2-6-10-11(8)9(5-1)12-7-13-10/h1-8H;1-7H,(H,12,13). The first-order valence-electron chi connectivity index (χ1n) is 8.79. The molecule has 0 unspecified atom stereocenters. The zero-order valence-electron chi connectivity index (χ0n) is 14.5. The van der Waals surface area contributed by atoms with Crippen molar-refractivity contribution in [3.8, 4) is 0 Å². The van der Waals surface area contributed by atoms with Crippen LogP contribution in [0.15, 0.2) is 90.2 Å². The molecule has 0 bridgehead atoms. The molecule has 2 aromatic heterocycles. The number of aliphatic imine (C=N–C) groups is 1. The van der Waals surface area contributed by atoms with Crippen LogP contribution in [-0.2, 0) is 0 Å². The van der Waals surface area contributed by atoms with Crippen molar-refractivity contribution in [2.45, 2.75) is 0 Å². The predicted octanol–water partition coefficient (Wildman–Crippen LogP) is 5.71. The molecule has 0 saturated heterocycles. The van der Waals surface area contributed by atoms with E-state index in [0.717, 1.165) is 33.2 Å². The average molecular weight is 348 g/mol. The highest BCUT2D eigenvalue weighted by atomic mass is 15.0. The Morgan fingerprint density at radius 2 is 1.22 bits per heavy atom. The van der Waals surface area contributed by atoms with E-state index in [1.54, 1.807) is 18.7 Å². The van der Waals surface area contributed by atoms with E-state index in [2.05, 4.69) is 62.7 Å². The zero-order chi connectivity index (χ0) is 18.1. The Balaban J connectivity index is 0.000000119. The van der Waals surface area contributed by atoms with E-state index >= 15 is 0 Å². The number of rotatable bonds is 0. The molecule has 4 nitrogen and oxygen atoms in total. The van der Waals surface area contributed by atoms with Gasteiger partial charge in [0.15, 0.2) is 0 Å². The lowest BCUT2D eigenvalue weighted by Crippen LogP contribution is -1.99. The molecule has 6 rings (SSSR count). The lowest BCUT2D eigenvalue weighted by atomic mass is 10.1. The monoisotopic (exact) mass is 348 g/mol. The molecule has 3 aromatic carbocycles. The molecule has 0 amide bonds. The van der Waals surface area contributed by atoms with Crippen molar-refractivity contribution in [2.24, 2.45) is 4.99 Å². The van der Waals surface area contributed by atoms with Crippen LogP contribution in [0.25, 0.3) is 32.6 Å². The van der Waals surface area contributed by atoms with Crippen molar-refractivity contribution in [3.63, 3.8) is 0 Å². The second-order valence-corrected chi connectivity index (χ2v) is 6.30. The van der Waals surface area contributed by atoms with E-state index in [9.17, 15) is 0 Å². The Kier molecular flexibility index (Phi) is 3.72. The minimum Gasteiger partial charge on any atom is -0.346 e. The maximum absolute atomic E-state index is 4.35. The van der Waals surface area contributed by atoms with Crippen LogP contribution in [0.2, 0.25) is 0 Å². The molecule has 4 heteroatoms. The number of benzene rings is 3. The molecule has 1 N–H and O–H groups in total. The first kappa shape index (κ1) is 15.5. The van der Waals surface area contributed by atoms with Crippen LogP contribution in [0.3, 0.4) is 0 Å². The summed E-state index contributed by atoms with van der Waals surface area (Å²) in [5.41, 5.74) is 4.14. The molecule has 5 aromatic rings. The summed E-state index contributed by atoms with van der Waals surface area (Å²) in [5.74, 6) is 0.